The molecule has 2 aromatic carbocycles. The molecular weight excluding hydrogens is 350 g/mol. The number of hydrogen-bond acceptors (Lipinski definition) is 4. The van der Waals surface area contributed by atoms with E-state index >= 15 is 0 Å². The van der Waals surface area contributed by atoms with E-state index in [1.165, 1.54) is 18.5 Å². The fourth-order valence-corrected chi connectivity index (χ4v) is 2.79. The minimum absolute atomic E-state index is 0.144. The van der Waals surface area contributed by atoms with Gasteiger partial charge in [-0.25, -0.2) is 18.7 Å². The standard InChI is InChI=1S/C20H18F2N4O/c1-11-6-12(2)19(13(3)7-11)26-20(27)17-9-24-18(10-23-17)25-14-4-5-15(21)16(22)8-14/h4-10H,1-3H3,(H,24,25)(H,26,27). The van der Waals surface area contributed by atoms with Crippen LogP contribution in [0.25, 0.3) is 0 Å². The molecule has 3 aromatic rings. The minimum atomic E-state index is -0.965. The van der Waals surface area contributed by atoms with Crippen LogP contribution in [-0.2, 0) is 0 Å². The summed E-state index contributed by atoms with van der Waals surface area (Å²) in [4.78, 5) is 20.6. The first kappa shape index (κ1) is 18.4. The summed E-state index contributed by atoms with van der Waals surface area (Å²) in [6, 6.07) is 7.38. The number of anilines is 3. The summed E-state index contributed by atoms with van der Waals surface area (Å²) in [7, 11) is 0. The van der Waals surface area contributed by atoms with E-state index in [1.807, 2.05) is 32.9 Å². The zero-order valence-electron chi connectivity index (χ0n) is 15.1. The number of halogens is 2. The Morgan fingerprint density at radius 3 is 2.22 bits per heavy atom. The molecule has 2 N–H and O–H groups in total. The lowest BCUT2D eigenvalue weighted by Crippen LogP contribution is -2.16. The molecule has 3 rings (SSSR count). The Hall–Kier alpha value is -3.35. The van der Waals surface area contributed by atoms with Crippen LogP contribution in [0.4, 0.5) is 26.0 Å². The van der Waals surface area contributed by atoms with Gasteiger partial charge < -0.3 is 10.6 Å². The molecule has 1 heterocycles. The maximum Gasteiger partial charge on any atom is 0.275 e. The highest BCUT2D eigenvalue weighted by Crippen LogP contribution is 2.22. The number of carbonyl (C=O) groups excluding carboxylic acids is 1. The van der Waals surface area contributed by atoms with Crippen LogP contribution in [0.1, 0.15) is 27.2 Å². The number of hydrogen-bond donors (Lipinski definition) is 2. The second-order valence-electron chi connectivity index (χ2n) is 6.27. The van der Waals surface area contributed by atoms with Gasteiger partial charge >= 0.3 is 0 Å². The van der Waals surface area contributed by atoms with Crippen molar-refractivity contribution < 1.29 is 13.6 Å². The third-order valence-electron chi connectivity index (χ3n) is 3.99. The molecule has 1 amide bonds. The number of aryl methyl sites for hydroxylation is 3. The molecule has 5 nitrogen and oxygen atoms in total. The molecule has 0 unspecified atom stereocenters. The van der Waals surface area contributed by atoms with Crippen LogP contribution in [-0.4, -0.2) is 15.9 Å². The summed E-state index contributed by atoms with van der Waals surface area (Å²) in [6.07, 6.45) is 2.67. The first-order valence-electron chi connectivity index (χ1n) is 8.27. The number of aromatic nitrogens is 2. The average Bonchev–Trinajstić information content (AvgIpc) is 2.61. The third kappa shape index (κ3) is 4.25. The molecular formula is C20H18F2N4O. The Morgan fingerprint density at radius 2 is 1.63 bits per heavy atom. The Bertz CT molecular complexity index is 980. The predicted octanol–water partition coefficient (Wildman–Crippen LogP) is 4.68. The molecule has 7 heteroatoms. The quantitative estimate of drug-likeness (QED) is 0.702. The Balaban J connectivity index is 1.73. The van der Waals surface area contributed by atoms with Gasteiger partial charge in [-0.05, 0) is 44.0 Å². The van der Waals surface area contributed by atoms with Gasteiger partial charge in [0.25, 0.3) is 5.91 Å². The second-order valence-corrected chi connectivity index (χ2v) is 6.27. The molecule has 0 saturated carbocycles. The van der Waals surface area contributed by atoms with Gasteiger partial charge in [0, 0.05) is 17.4 Å². The van der Waals surface area contributed by atoms with Crippen LogP contribution in [0.2, 0.25) is 0 Å². The number of rotatable bonds is 4. The van der Waals surface area contributed by atoms with E-state index in [2.05, 4.69) is 20.6 Å². The van der Waals surface area contributed by atoms with Crippen molar-refractivity contribution in [1.29, 1.82) is 0 Å². The van der Waals surface area contributed by atoms with Gasteiger partial charge in [0.1, 0.15) is 11.5 Å². The van der Waals surface area contributed by atoms with Gasteiger partial charge in [-0.3, -0.25) is 4.79 Å². The maximum atomic E-state index is 13.2. The van der Waals surface area contributed by atoms with Crippen LogP contribution >= 0.6 is 0 Å². The summed E-state index contributed by atoms with van der Waals surface area (Å²) in [5.41, 5.74) is 4.26. The molecule has 1 aromatic heterocycles. The predicted molar refractivity (Wildman–Crippen MR) is 100 cm³/mol. The highest BCUT2D eigenvalue weighted by molar-refractivity contribution is 6.03. The molecule has 27 heavy (non-hydrogen) atoms. The lowest BCUT2D eigenvalue weighted by Gasteiger charge is -2.12. The minimum Gasteiger partial charge on any atom is -0.339 e. The lowest BCUT2D eigenvalue weighted by molar-refractivity contribution is 0.102. The molecule has 0 fully saturated rings. The van der Waals surface area contributed by atoms with E-state index in [4.69, 9.17) is 0 Å². The topological polar surface area (TPSA) is 66.9 Å². The van der Waals surface area contributed by atoms with Gasteiger partial charge in [-0.15, -0.1) is 0 Å². The number of nitrogens with zero attached hydrogens (tertiary/aromatic N) is 2. The summed E-state index contributed by atoms with van der Waals surface area (Å²) in [5, 5.41) is 5.65. The van der Waals surface area contributed by atoms with Gasteiger partial charge in [0.2, 0.25) is 0 Å². The molecule has 0 bridgehead atoms. The summed E-state index contributed by atoms with van der Waals surface area (Å²) in [5.74, 6) is -1.97. The number of carbonyl (C=O) groups is 1. The van der Waals surface area contributed by atoms with E-state index in [9.17, 15) is 13.6 Å². The SMILES string of the molecule is Cc1cc(C)c(NC(=O)c2cnc(Nc3ccc(F)c(F)c3)cn2)c(C)c1. The van der Waals surface area contributed by atoms with Crippen molar-refractivity contribution in [3.8, 4) is 0 Å². The van der Waals surface area contributed by atoms with Crippen LogP contribution in [0, 0.1) is 32.4 Å². The van der Waals surface area contributed by atoms with Crippen molar-refractivity contribution in [2.75, 3.05) is 10.6 Å². The van der Waals surface area contributed by atoms with Gasteiger partial charge in [-0.1, -0.05) is 17.7 Å². The lowest BCUT2D eigenvalue weighted by atomic mass is 10.1. The van der Waals surface area contributed by atoms with E-state index < -0.39 is 11.6 Å². The second kappa shape index (κ2) is 7.49. The Morgan fingerprint density at radius 1 is 0.926 bits per heavy atom. The molecule has 0 radical (unpaired) electrons. The van der Waals surface area contributed by atoms with E-state index in [0.717, 1.165) is 34.5 Å². The van der Waals surface area contributed by atoms with Crippen LogP contribution in [0.15, 0.2) is 42.7 Å². The van der Waals surface area contributed by atoms with Crippen molar-refractivity contribution >= 4 is 23.1 Å². The van der Waals surface area contributed by atoms with Crippen molar-refractivity contribution in [2.24, 2.45) is 0 Å². The first-order valence-corrected chi connectivity index (χ1v) is 8.27. The normalized spacial score (nSPS) is 10.6. The average molecular weight is 368 g/mol. The smallest absolute Gasteiger partial charge is 0.275 e. The van der Waals surface area contributed by atoms with Crippen molar-refractivity contribution in [1.82, 2.24) is 9.97 Å². The zero-order valence-corrected chi connectivity index (χ0v) is 15.1. The van der Waals surface area contributed by atoms with Crippen molar-refractivity contribution in [3.05, 3.63) is 76.7 Å². The molecule has 138 valence electrons. The van der Waals surface area contributed by atoms with Gasteiger partial charge in [-0.2, -0.15) is 0 Å². The fraction of sp³-hybridized carbons (Fsp3) is 0.150. The first-order chi connectivity index (χ1) is 12.8. The molecule has 0 atom stereocenters. The van der Waals surface area contributed by atoms with Gasteiger partial charge in [0.15, 0.2) is 11.6 Å². The Kier molecular flexibility index (Phi) is 5.12. The maximum absolute atomic E-state index is 13.2. The summed E-state index contributed by atoms with van der Waals surface area (Å²) >= 11 is 0. The summed E-state index contributed by atoms with van der Waals surface area (Å²) in [6.45, 7) is 5.85. The largest absolute Gasteiger partial charge is 0.339 e. The van der Waals surface area contributed by atoms with Crippen molar-refractivity contribution in [3.63, 3.8) is 0 Å². The number of benzene rings is 2. The number of nitrogens with one attached hydrogen (secondary N) is 2. The van der Waals surface area contributed by atoms with Crippen LogP contribution < -0.4 is 10.6 Å². The number of amides is 1. The monoisotopic (exact) mass is 368 g/mol. The van der Waals surface area contributed by atoms with E-state index in [1.54, 1.807) is 0 Å². The summed E-state index contributed by atoms with van der Waals surface area (Å²) < 4.78 is 26.2. The van der Waals surface area contributed by atoms with Gasteiger partial charge in [0.05, 0.1) is 12.4 Å². The third-order valence-corrected chi connectivity index (χ3v) is 3.99. The molecule has 0 aliphatic rings. The molecule has 0 aliphatic heterocycles. The molecule has 0 saturated heterocycles. The highest BCUT2D eigenvalue weighted by Gasteiger charge is 2.12. The highest BCUT2D eigenvalue weighted by atomic mass is 19.2. The zero-order chi connectivity index (χ0) is 19.6. The fourth-order valence-electron chi connectivity index (χ4n) is 2.79. The molecule has 0 spiro atoms. The Labute approximate surface area is 155 Å². The van der Waals surface area contributed by atoms with Crippen molar-refractivity contribution in [2.45, 2.75) is 20.8 Å². The van der Waals surface area contributed by atoms with E-state index in [-0.39, 0.29) is 11.6 Å². The van der Waals surface area contributed by atoms with Crippen LogP contribution in [0.5, 0.6) is 0 Å². The van der Waals surface area contributed by atoms with E-state index in [0.29, 0.717) is 11.5 Å². The molecule has 0 aliphatic carbocycles. The van der Waals surface area contributed by atoms with Crippen LogP contribution in [0.3, 0.4) is 0 Å².